The molecule has 0 aliphatic heterocycles. The molecule has 19 heavy (non-hydrogen) atoms. The monoisotopic (exact) mass is 255 g/mol. The highest BCUT2D eigenvalue weighted by Crippen LogP contribution is 2.14. The van der Waals surface area contributed by atoms with E-state index in [1.165, 1.54) is 12.1 Å². The number of benzene rings is 2. The number of ether oxygens (including phenoxy) is 1. The summed E-state index contributed by atoms with van der Waals surface area (Å²) < 4.78 is 18.6. The number of carbonyl (C=O) groups is 1. The molecular formula is C15H10FNO2. The lowest BCUT2D eigenvalue weighted by molar-refractivity contribution is 0.0921. The summed E-state index contributed by atoms with van der Waals surface area (Å²) in [5, 5.41) is 8.85. The molecule has 0 spiro atoms. The second-order valence-electron chi connectivity index (χ2n) is 3.80. The van der Waals surface area contributed by atoms with Gasteiger partial charge in [-0.2, -0.15) is 5.26 Å². The summed E-state index contributed by atoms with van der Waals surface area (Å²) in [5.41, 5.74) is -0.206. The predicted octanol–water partition coefficient (Wildman–Crippen LogP) is 2.96. The number of carbonyl (C=O) groups excluding carboxylic acids is 1. The van der Waals surface area contributed by atoms with Crippen LogP contribution < -0.4 is 4.74 Å². The molecule has 0 radical (unpaired) electrons. The van der Waals surface area contributed by atoms with Gasteiger partial charge in [-0.1, -0.05) is 24.3 Å². The van der Waals surface area contributed by atoms with Gasteiger partial charge in [-0.15, -0.1) is 0 Å². The second-order valence-corrected chi connectivity index (χ2v) is 3.80. The maximum Gasteiger partial charge on any atom is 0.201 e. The van der Waals surface area contributed by atoms with E-state index in [2.05, 4.69) is 0 Å². The fourth-order valence-electron chi connectivity index (χ4n) is 1.61. The minimum Gasteiger partial charge on any atom is -0.485 e. The van der Waals surface area contributed by atoms with Gasteiger partial charge in [0.05, 0.1) is 5.56 Å². The third-order valence-corrected chi connectivity index (χ3v) is 2.54. The van der Waals surface area contributed by atoms with Crippen molar-refractivity contribution in [3.63, 3.8) is 0 Å². The summed E-state index contributed by atoms with van der Waals surface area (Å²) in [7, 11) is 0. The lowest BCUT2D eigenvalue weighted by Gasteiger charge is -2.06. The molecular weight excluding hydrogens is 245 g/mol. The van der Waals surface area contributed by atoms with Crippen molar-refractivity contribution >= 4 is 5.78 Å². The molecule has 0 aromatic heterocycles. The first-order valence-electron chi connectivity index (χ1n) is 5.62. The lowest BCUT2D eigenvalue weighted by Crippen LogP contribution is -2.13. The van der Waals surface area contributed by atoms with Crippen molar-refractivity contribution in [3.8, 4) is 11.8 Å². The Morgan fingerprint density at radius 2 is 1.89 bits per heavy atom. The van der Waals surface area contributed by atoms with Crippen LogP contribution in [-0.2, 0) is 0 Å². The van der Waals surface area contributed by atoms with E-state index in [9.17, 15) is 9.18 Å². The van der Waals surface area contributed by atoms with E-state index in [-0.39, 0.29) is 17.7 Å². The van der Waals surface area contributed by atoms with Gasteiger partial charge in [0.25, 0.3) is 0 Å². The zero-order chi connectivity index (χ0) is 13.7. The molecule has 0 unspecified atom stereocenters. The Labute approximate surface area is 109 Å². The summed E-state index contributed by atoms with van der Waals surface area (Å²) >= 11 is 0. The van der Waals surface area contributed by atoms with Gasteiger partial charge >= 0.3 is 0 Å². The van der Waals surface area contributed by atoms with Crippen molar-refractivity contribution in [3.05, 3.63) is 65.5 Å². The van der Waals surface area contributed by atoms with Crippen molar-refractivity contribution < 1.29 is 13.9 Å². The third kappa shape index (κ3) is 2.96. The minimum absolute atomic E-state index is 0.0402. The average molecular weight is 255 g/mol. The van der Waals surface area contributed by atoms with Crippen molar-refractivity contribution in [2.75, 3.05) is 6.61 Å². The summed E-state index contributed by atoms with van der Waals surface area (Å²) in [5.74, 6) is -0.585. The number of nitrogens with zero attached hydrogens (tertiary/aromatic N) is 1. The first kappa shape index (κ1) is 12.8. The summed E-state index contributed by atoms with van der Waals surface area (Å²) in [6, 6.07) is 14.5. The number of halogens is 1. The van der Waals surface area contributed by atoms with Crippen LogP contribution in [0.2, 0.25) is 0 Å². The van der Waals surface area contributed by atoms with E-state index in [0.29, 0.717) is 5.75 Å². The number of ketones is 1. The van der Waals surface area contributed by atoms with E-state index in [1.54, 1.807) is 30.3 Å². The quantitative estimate of drug-likeness (QED) is 0.789. The van der Waals surface area contributed by atoms with Gasteiger partial charge in [0.1, 0.15) is 17.6 Å². The van der Waals surface area contributed by atoms with Crippen molar-refractivity contribution in [1.29, 1.82) is 5.26 Å². The van der Waals surface area contributed by atoms with Gasteiger partial charge < -0.3 is 4.74 Å². The van der Waals surface area contributed by atoms with Crippen LogP contribution in [-0.4, -0.2) is 12.4 Å². The van der Waals surface area contributed by atoms with E-state index >= 15 is 0 Å². The van der Waals surface area contributed by atoms with Crippen molar-refractivity contribution in [2.45, 2.75) is 0 Å². The fourth-order valence-corrected chi connectivity index (χ4v) is 1.61. The molecule has 0 saturated heterocycles. The SMILES string of the molecule is N#Cc1c(F)cccc1C(=O)COc1ccccc1. The highest BCUT2D eigenvalue weighted by Gasteiger charge is 2.15. The third-order valence-electron chi connectivity index (χ3n) is 2.54. The molecule has 0 bridgehead atoms. The zero-order valence-corrected chi connectivity index (χ0v) is 9.97. The molecule has 0 fully saturated rings. The standard InChI is InChI=1S/C15H10FNO2/c16-14-8-4-7-12(13(14)9-17)15(18)10-19-11-5-2-1-3-6-11/h1-8H,10H2. The van der Waals surface area contributed by atoms with Crippen LogP contribution in [0.15, 0.2) is 48.5 Å². The van der Waals surface area contributed by atoms with Crippen LogP contribution in [0, 0.1) is 17.1 Å². The van der Waals surface area contributed by atoms with Crippen LogP contribution in [0.4, 0.5) is 4.39 Å². The molecule has 0 saturated carbocycles. The Morgan fingerprint density at radius 3 is 2.58 bits per heavy atom. The van der Waals surface area contributed by atoms with E-state index in [4.69, 9.17) is 10.00 Å². The first-order valence-corrected chi connectivity index (χ1v) is 5.62. The van der Waals surface area contributed by atoms with Crippen molar-refractivity contribution in [2.24, 2.45) is 0 Å². The number of hydrogen-bond acceptors (Lipinski definition) is 3. The maximum absolute atomic E-state index is 13.4. The van der Waals surface area contributed by atoms with Gasteiger partial charge in [-0.3, -0.25) is 4.79 Å². The van der Waals surface area contributed by atoms with Crippen LogP contribution in [0.3, 0.4) is 0 Å². The van der Waals surface area contributed by atoms with Crippen LogP contribution in [0.25, 0.3) is 0 Å². The number of hydrogen-bond donors (Lipinski definition) is 0. The molecule has 0 aliphatic carbocycles. The van der Waals surface area contributed by atoms with Crippen LogP contribution in [0.5, 0.6) is 5.75 Å². The number of rotatable bonds is 4. The number of Topliss-reactive ketones (excluding diaryl/α,β-unsaturated/α-hetero) is 1. The van der Waals surface area contributed by atoms with E-state index < -0.39 is 11.6 Å². The Bertz CT molecular complexity index is 632. The first-order chi connectivity index (χ1) is 9.22. The fraction of sp³-hybridized carbons (Fsp3) is 0.0667. The van der Waals surface area contributed by atoms with Gasteiger partial charge in [-0.05, 0) is 24.3 Å². The molecule has 0 N–H and O–H groups in total. The van der Waals surface area contributed by atoms with E-state index in [0.717, 1.165) is 6.07 Å². The molecule has 0 atom stereocenters. The minimum atomic E-state index is -0.701. The molecule has 2 rings (SSSR count). The second kappa shape index (κ2) is 5.78. The Hall–Kier alpha value is -2.67. The molecule has 2 aromatic rings. The topological polar surface area (TPSA) is 50.1 Å². The largest absolute Gasteiger partial charge is 0.485 e. The summed E-state index contributed by atoms with van der Waals surface area (Å²) in [6.45, 7) is -0.234. The van der Waals surface area contributed by atoms with Gasteiger partial charge in [0, 0.05) is 5.56 Å². The Balaban J connectivity index is 2.13. The van der Waals surface area contributed by atoms with Crippen LogP contribution >= 0.6 is 0 Å². The molecule has 0 aliphatic rings. The van der Waals surface area contributed by atoms with Crippen LogP contribution in [0.1, 0.15) is 15.9 Å². The van der Waals surface area contributed by atoms with Gasteiger partial charge in [0.15, 0.2) is 6.61 Å². The smallest absolute Gasteiger partial charge is 0.201 e. The Kier molecular flexibility index (Phi) is 3.89. The number of para-hydroxylation sites is 1. The highest BCUT2D eigenvalue weighted by molar-refractivity contribution is 5.99. The van der Waals surface area contributed by atoms with E-state index in [1.807, 2.05) is 6.07 Å². The zero-order valence-electron chi connectivity index (χ0n) is 9.97. The predicted molar refractivity (Wildman–Crippen MR) is 67.4 cm³/mol. The molecule has 0 heterocycles. The van der Waals surface area contributed by atoms with Crippen molar-refractivity contribution in [1.82, 2.24) is 0 Å². The summed E-state index contributed by atoms with van der Waals surface area (Å²) in [6.07, 6.45) is 0. The molecule has 4 heteroatoms. The number of nitriles is 1. The van der Waals surface area contributed by atoms with Gasteiger partial charge in [0.2, 0.25) is 5.78 Å². The maximum atomic E-state index is 13.4. The molecule has 94 valence electrons. The normalized spacial score (nSPS) is 9.68. The summed E-state index contributed by atoms with van der Waals surface area (Å²) in [4.78, 5) is 11.9. The highest BCUT2D eigenvalue weighted by atomic mass is 19.1. The van der Waals surface area contributed by atoms with Gasteiger partial charge in [-0.25, -0.2) is 4.39 Å². The average Bonchev–Trinajstić information content (AvgIpc) is 2.45. The molecule has 0 amide bonds. The molecule has 3 nitrogen and oxygen atoms in total. The molecule has 2 aromatic carbocycles. The lowest BCUT2D eigenvalue weighted by atomic mass is 10.0. The Morgan fingerprint density at radius 1 is 1.16 bits per heavy atom.